The number of carbonyl (C=O) groups is 1. The molecule has 0 atom stereocenters. The lowest BCUT2D eigenvalue weighted by atomic mass is 10.1. The lowest BCUT2D eigenvalue weighted by Gasteiger charge is -2.30. The van der Waals surface area contributed by atoms with Gasteiger partial charge in [0.05, 0.1) is 5.56 Å². The van der Waals surface area contributed by atoms with Crippen LogP contribution >= 0.6 is 0 Å². The number of primary amides is 1. The van der Waals surface area contributed by atoms with E-state index in [1.54, 1.807) is 30.7 Å². The van der Waals surface area contributed by atoms with Gasteiger partial charge < -0.3 is 20.4 Å². The van der Waals surface area contributed by atoms with Gasteiger partial charge in [0, 0.05) is 56.1 Å². The van der Waals surface area contributed by atoms with Crippen LogP contribution in [0.3, 0.4) is 0 Å². The summed E-state index contributed by atoms with van der Waals surface area (Å²) in [7, 11) is 0. The average molecular weight is 457 g/mol. The van der Waals surface area contributed by atoms with Crippen molar-refractivity contribution < 1.29 is 4.79 Å². The van der Waals surface area contributed by atoms with E-state index in [2.05, 4.69) is 42.9 Å². The van der Waals surface area contributed by atoms with Gasteiger partial charge in [-0.15, -0.1) is 0 Å². The number of pyridine rings is 2. The van der Waals surface area contributed by atoms with Crippen molar-refractivity contribution in [2.24, 2.45) is 5.73 Å². The number of rotatable bonds is 8. The van der Waals surface area contributed by atoms with E-state index in [4.69, 9.17) is 5.73 Å². The van der Waals surface area contributed by atoms with Gasteiger partial charge in [-0.3, -0.25) is 9.78 Å². The zero-order valence-corrected chi connectivity index (χ0v) is 19.6. The van der Waals surface area contributed by atoms with Crippen molar-refractivity contribution in [1.29, 1.82) is 0 Å². The topological polar surface area (TPSA) is 78.6 Å². The molecule has 1 saturated heterocycles. The largest absolute Gasteiger partial charge is 0.370 e. The molecule has 1 aromatic carbocycles. The van der Waals surface area contributed by atoms with E-state index < -0.39 is 5.91 Å². The van der Waals surface area contributed by atoms with Gasteiger partial charge in [0.1, 0.15) is 5.82 Å². The SMILES string of the molecule is NC(=O)c1cccnc1N(Cc1ccncc1)c1ccc2c(c1)N(CCN1CCCCC1)CC2. The van der Waals surface area contributed by atoms with Gasteiger partial charge in [-0.1, -0.05) is 12.5 Å². The van der Waals surface area contributed by atoms with Crippen LogP contribution in [-0.2, 0) is 13.0 Å². The van der Waals surface area contributed by atoms with Crippen molar-refractivity contribution in [3.05, 3.63) is 77.7 Å². The number of carbonyl (C=O) groups excluding carboxylic acids is 1. The number of anilines is 3. The second-order valence-corrected chi connectivity index (χ2v) is 9.13. The molecule has 1 amide bonds. The number of hydrogen-bond acceptors (Lipinski definition) is 6. The summed E-state index contributed by atoms with van der Waals surface area (Å²) in [6.07, 6.45) is 10.3. The maximum absolute atomic E-state index is 12.2. The van der Waals surface area contributed by atoms with E-state index in [0.717, 1.165) is 37.3 Å². The van der Waals surface area contributed by atoms with E-state index in [1.807, 2.05) is 12.1 Å². The third-order valence-corrected chi connectivity index (χ3v) is 6.90. The van der Waals surface area contributed by atoms with Gasteiger partial charge in [-0.2, -0.15) is 0 Å². The van der Waals surface area contributed by atoms with Crippen LogP contribution in [0.4, 0.5) is 17.2 Å². The van der Waals surface area contributed by atoms with Gasteiger partial charge in [-0.05, 0) is 79.9 Å². The standard InChI is InChI=1S/C27H32N6O/c28-26(34)24-5-4-11-30-27(24)33(20-21-8-12-29-13-9-21)23-7-6-22-10-16-32(25(22)19-23)18-17-31-14-2-1-3-15-31/h4-9,11-13,19H,1-3,10,14-18,20H2,(H2,28,34). The summed E-state index contributed by atoms with van der Waals surface area (Å²) in [5.74, 6) is 0.0942. The summed E-state index contributed by atoms with van der Waals surface area (Å²) in [5.41, 5.74) is 10.9. The minimum atomic E-state index is -0.479. The molecule has 0 radical (unpaired) electrons. The molecule has 0 saturated carbocycles. The Balaban J connectivity index is 1.45. The normalized spacial score (nSPS) is 15.8. The molecule has 2 aliphatic rings. The summed E-state index contributed by atoms with van der Waals surface area (Å²) in [5, 5.41) is 0. The third kappa shape index (κ3) is 4.89. The number of aromatic nitrogens is 2. The average Bonchev–Trinajstić information content (AvgIpc) is 3.29. The highest BCUT2D eigenvalue weighted by Gasteiger charge is 2.24. The van der Waals surface area contributed by atoms with Crippen molar-refractivity contribution in [1.82, 2.24) is 14.9 Å². The molecular weight excluding hydrogens is 424 g/mol. The second kappa shape index (κ2) is 10.2. The molecule has 2 aromatic heterocycles. The van der Waals surface area contributed by atoms with E-state index in [-0.39, 0.29) is 0 Å². The number of nitrogens with two attached hydrogens (primary N) is 1. The zero-order valence-electron chi connectivity index (χ0n) is 19.6. The van der Waals surface area contributed by atoms with Gasteiger partial charge in [0.15, 0.2) is 0 Å². The fourth-order valence-corrected chi connectivity index (χ4v) is 5.04. The van der Waals surface area contributed by atoms with Gasteiger partial charge >= 0.3 is 0 Å². The molecule has 2 N–H and O–H groups in total. The molecule has 5 rings (SSSR count). The maximum atomic E-state index is 12.2. The number of nitrogens with zero attached hydrogens (tertiary/aromatic N) is 5. The van der Waals surface area contributed by atoms with Crippen LogP contribution < -0.4 is 15.5 Å². The highest BCUT2D eigenvalue weighted by atomic mass is 16.1. The molecule has 0 bridgehead atoms. The lowest BCUT2D eigenvalue weighted by molar-refractivity contribution is 0.100. The van der Waals surface area contributed by atoms with Gasteiger partial charge in [0.2, 0.25) is 0 Å². The molecule has 3 aromatic rings. The predicted octanol–water partition coefficient (Wildman–Crippen LogP) is 3.76. The van der Waals surface area contributed by atoms with Crippen LogP contribution in [0.2, 0.25) is 0 Å². The van der Waals surface area contributed by atoms with Crippen LogP contribution in [0.15, 0.2) is 61.1 Å². The minimum absolute atomic E-state index is 0.416. The van der Waals surface area contributed by atoms with Crippen molar-refractivity contribution in [3.8, 4) is 0 Å². The Morgan fingerprint density at radius 1 is 0.971 bits per heavy atom. The highest BCUT2D eigenvalue weighted by molar-refractivity contribution is 5.98. The zero-order chi connectivity index (χ0) is 23.3. The van der Waals surface area contributed by atoms with Crippen LogP contribution in [0.5, 0.6) is 0 Å². The summed E-state index contributed by atoms with van der Waals surface area (Å²) in [4.78, 5) is 28.1. The number of benzene rings is 1. The molecule has 0 unspecified atom stereocenters. The quantitative estimate of drug-likeness (QED) is 0.556. The van der Waals surface area contributed by atoms with Crippen molar-refractivity contribution in [3.63, 3.8) is 0 Å². The maximum Gasteiger partial charge on any atom is 0.252 e. The van der Waals surface area contributed by atoms with E-state index in [9.17, 15) is 4.79 Å². The number of hydrogen-bond donors (Lipinski definition) is 1. The first kappa shape index (κ1) is 22.3. The third-order valence-electron chi connectivity index (χ3n) is 6.90. The van der Waals surface area contributed by atoms with Crippen LogP contribution in [0.25, 0.3) is 0 Å². The molecule has 0 aliphatic carbocycles. The van der Waals surface area contributed by atoms with Crippen molar-refractivity contribution in [2.45, 2.75) is 32.2 Å². The molecule has 1 fully saturated rings. The fourth-order valence-electron chi connectivity index (χ4n) is 5.04. The Hall–Kier alpha value is -3.45. The van der Waals surface area contributed by atoms with Gasteiger partial charge in [-0.25, -0.2) is 4.98 Å². The first-order valence-corrected chi connectivity index (χ1v) is 12.2. The van der Waals surface area contributed by atoms with E-state index >= 15 is 0 Å². The molecule has 7 nitrogen and oxygen atoms in total. The Morgan fingerprint density at radius 3 is 2.59 bits per heavy atom. The molecule has 2 aliphatic heterocycles. The van der Waals surface area contributed by atoms with Crippen LogP contribution in [0.1, 0.15) is 40.7 Å². The Kier molecular flexibility index (Phi) is 6.72. The minimum Gasteiger partial charge on any atom is -0.370 e. The molecule has 176 valence electrons. The monoisotopic (exact) mass is 456 g/mol. The fraction of sp³-hybridized carbons (Fsp3) is 0.370. The molecule has 4 heterocycles. The molecule has 34 heavy (non-hydrogen) atoms. The molecular formula is C27H32N6O. The predicted molar refractivity (Wildman–Crippen MR) is 135 cm³/mol. The van der Waals surface area contributed by atoms with Crippen LogP contribution in [-0.4, -0.2) is 53.5 Å². The van der Waals surface area contributed by atoms with Gasteiger partial charge in [0.25, 0.3) is 5.91 Å². The Bertz CT molecular complexity index is 1130. The molecule has 0 spiro atoms. The summed E-state index contributed by atoms with van der Waals surface area (Å²) >= 11 is 0. The summed E-state index contributed by atoms with van der Waals surface area (Å²) in [6, 6.07) is 14.1. The summed E-state index contributed by atoms with van der Waals surface area (Å²) in [6.45, 7) is 6.19. The smallest absolute Gasteiger partial charge is 0.252 e. The van der Waals surface area contributed by atoms with E-state index in [1.165, 1.54) is 43.6 Å². The first-order chi connectivity index (χ1) is 16.7. The lowest BCUT2D eigenvalue weighted by Crippen LogP contribution is -2.37. The highest BCUT2D eigenvalue weighted by Crippen LogP contribution is 2.36. The first-order valence-electron chi connectivity index (χ1n) is 12.2. The number of amides is 1. The van der Waals surface area contributed by atoms with E-state index in [0.29, 0.717) is 17.9 Å². The van der Waals surface area contributed by atoms with Crippen molar-refractivity contribution >= 4 is 23.1 Å². The number of piperidine rings is 1. The molecule has 7 heteroatoms. The summed E-state index contributed by atoms with van der Waals surface area (Å²) < 4.78 is 0. The van der Waals surface area contributed by atoms with Crippen molar-refractivity contribution in [2.75, 3.05) is 42.5 Å². The second-order valence-electron chi connectivity index (χ2n) is 9.13. The number of likely N-dealkylation sites (tertiary alicyclic amines) is 1. The van der Waals surface area contributed by atoms with Crippen LogP contribution in [0, 0.1) is 0 Å². The Morgan fingerprint density at radius 2 is 1.79 bits per heavy atom. The number of fused-ring (bicyclic) bond motifs is 1. The Labute approximate surface area is 201 Å².